The Bertz CT molecular complexity index is 464. The maximum Gasteiger partial charge on any atom is 0.442 e. The maximum absolute atomic E-state index is 13.6. The summed E-state index contributed by atoms with van der Waals surface area (Å²) in [6, 6.07) is 0. The van der Waals surface area contributed by atoms with Gasteiger partial charge in [0.05, 0.1) is 17.6 Å². The molecule has 8 heteroatoms. The van der Waals surface area contributed by atoms with E-state index in [0.717, 1.165) is 12.8 Å². The number of amides is 1. The molecule has 1 aliphatic heterocycles. The summed E-state index contributed by atoms with van der Waals surface area (Å²) in [7, 11) is 0. The van der Waals surface area contributed by atoms with E-state index in [0.29, 0.717) is 19.3 Å². The average molecular weight is 339 g/mol. The topological polar surface area (TPSA) is 67.8 Å². The highest BCUT2D eigenvalue weighted by molar-refractivity contribution is 5.83. The summed E-state index contributed by atoms with van der Waals surface area (Å²) in [5.74, 6) is -0.803. The normalized spacial score (nSPS) is 35.9. The fourth-order valence-corrected chi connectivity index (χ4v) is 2.98. The lowest BCUT2D eigenvalue weighted by atomic mass is 9.85. The molecule has 1 amide bonds. The van der Waals surface area contributed by atoms with Gasteiger partial charge < -0.3 is 19.9 Å². The molecule has 2 N–H and O–H groups in total. The van der Waals surface area contributed by atoms with Gasteiger partial charge in [-0.15, -0.1) is 0 Å². The summed E-state index contributed by atoms with van der Waals surface area (Å²) < 4.78 is 51.1. The Balaban J connectivity index is 2.26. The van der Waals surface area contributed by atoms with Crippen molar-refractivity contribution in [2.24, 2.45) is 5.41 Å². The zero-order valence-electron chi connectivity index (χ0n) is 13.6. The largest absolute Gasteiger partial charge is 0.442 e. The number of carbonyl (C=O) groups excluding carboxylic acids is 1. The molecule has 1 heterocycles. The highest BCUT2D eigenvalue weighted by Gasteiger charge is 2.67. The Kier molecular flexibility index (Phi) is 4.74. The van der Waals surface area contributed by atoms with E-state index < -0.39 is 41.7 Å². The van der Waals surface area contributed by atoms with Crippen molar-refractivity contribution in [2.75, 3.05) is 6.61 Å². The molecule has 1 saturated heterocycles. The van der Waals surface area contributed by atoms with Gasteiger partial charge in [0.2, 0.25) is 12.2 Å². The fraction of sp³-hybridized carbons (Fsp3) is 0.933. The first-order chi connectivity index (χ1) is 10.5. The molecule has 2 unspecified atom stereocenters. The van der Waals surface area contributed by atoms with Gasteiger partial charge in [0.25, 0.3) is 5.72 Å². The molecule has 23 heavy (non-hydrogen) atoms. The second-order valence-electron chi connectivity index (χ2n) is 7.02. The lowest BCUT2D eigenvalue weighted by Gasteiger charge is -2.47. The van der Waals surface area contributed by atoms with Crippen molar-refractivity contribution >= 4 is 5.91 Å². The Labute approximate surface area is 133 Å². The molecule has 0 aromatic carbocycles. The summed E-state index contributed by atoms with van der Waals surface area (Å²) >= 11 is 0. The molecule has 0 radical (unpaired) electrons. The highest BCUT2D eigenvalue weighted by Crippen LogP contribution is 2.43. The van der Waals surface area contributed by atoms with Crippen LogP contribution in [-0.2, 0) is 14.3 Å². The summed E-state index contributed by atoms with van der Waals surface area (Å²) in [6.07, 6.45) is -4.26. The van der Waals surface area contributed by atoms with Gasteiger partial charge in [-0.2, -0.15) is 13.2 Å². The predicted molar refractivity (Wildman–Crippen MR) is 75.2 cm³/mol. The number of carbonyl (C=O) groups is 1. The second-order valence-corrected chi connectivity index (χ2v) is 7.02. The fourth-order valence-electron chi connectivity index (χ4n) is 2.98. The number of alkyl halides is 3. The van der Waals surface area contributed by atoms with Gasteiger partial charge >= 0.3 is 6.18 Å². The maximum atomic E-state index is 13.6. The molecule has 0 aromatic heterocycles. The van der Waals surface area contributed by atoms with Gasteiger partial charge in [0.15, 0.2) is 0 Å². The SMILES string of the molecule is CC[C@@]1(C)COC(C(O)OC2(C)CCCC2)(C(F)(F)F)NC1=O. The van der Waals surface area contributed by atoms with E-state index in [1.807, 2.05) is 5.32 Å². The molecule has 3 atom stereocenters. The van der Waals surface area contributed by atoms with Crippen molar-refractivity contribution in [3.63, 3.8) is 0 Å². The molecule has 2 aliphatic rings. The molecule has 1 aliphatic carbocycles. The standard InChI is InChI=1S/C15H24F3NO4/c1-4-12(2)9-22-14(15(16,17)18,19-10(12)20)11(21)23-13(3)7-5-6-8-13/h11,21H,4-9H2,1-3H3,(H,19,20)/t11?,12-,14?/m0/s1. The van der Waals surface area contributed by atoms with Crippen LogP contribution in [0.5, 0.6) is 0 Å². The van der Waals surface area contributed by atoms with Crippen molar-refractivity contribution < 1.29 is 32.5 Å². The molecule has 134 valence electrons. The van der Waals surface area contributed by atoms with E-state index in [1.165, 1.54) is 6.92 Å². The minimum Gasteiger partial charge on any atom is -0.364 e. The number of ether oxygens (including phenoxy) is 2. The van der Waals surface area contributed by atoms with Crippen molar-refractivity contribution in [1.82, 2.24) is 5.32 Å². The third-order valence-electron chi connectivity index (χ3n) is 5.07. The van der Waals surface area contributed by atoms with E-state index in [1.54, 1.807) is 13.8 Å². The molecule has 0 bridgehead atoms. The van der Waals surface area contributed by atoms with Crippen LogP contribution in [0.2, 0.25) is 0 Å². The van der Waals surface area contributed by atoms with Crippen LogP contribution in [0.1, 0.15) is 52.9 Å². The summed E-state index contributed by atoms with van der Waals surface area (Å²) in [4.78, 5) is 12.2. The zero-order valence-corrected chi connectivity index (χ0v) is 13.6. The number of aliphatic hydroxyl groups is 1. The molecule has 5 nitrogen and oxygen atoms in total. The van der Waals surface area contributed by atoms with Crippen molar-refractivity contribution in [3.8, 4) is 0 Å². The molecule has 1 saturated carbocycles. The van der Waals surface area contributed by atoms with Crippen LogP contribution in [-0.4, -0.2) is 41.4 Å². The predicted octanol–water partition coefficient (Wildman–Crippen LogP) is 2.48. The Morgan fingerprint density at radius 1 is 1.35 bits per heavy atom. The highest BCUT2D eigenvalue weighted by atomic mass is 19.4. The molecule has 0 spiro atoms. The van der Waals surface area contributed by atoms with E-state index in [2.05, 4.69) is 0 Å². The van der Waals surface area contributed by atoms with Crippen molar-refractivity contribution in [2.45, 2.75) is 76.7 Å². The molecule has 0 aromatic rings. The smallest absolute Gasteiger partial charge is 0.364 e. The van der Waals surface area contributed by atoms with E-state index in [9.17, 15) is 23.1 Å². The Morgan fingerprint density at radius 2 is 1.91 bits per heavy atom. The van der Waals surface area contributed by atoms with Gasteiger partial charge in [0.1, 0.15) is 0 Å². The van der Waals surface area contributed by atoms with Crippen LogP contribution < -0.4 is 5.32 Å². The first-order valence-electron chi connectivity index (χ1n) is 7.87. The summed E-state index contributed by atoms with van der Waals surface area (Å²) in [5.41, 5.74) is -5.15. The summed E-state index contributed by atoms with van der Waals surface area (Å²) in [6.45, 7) is 4.43. The molecular formula is C15H24F3NO4. The first-order valence-corrected chi connectivity index (χ1v) is 7.87. The monoisotopic (exact) mass is 339 g/mol. The third kappa shape index (κ3) is 3.21. The second kappa shape index (κ2) is 5.89. The lowest BCUT2D eigenvalue weighted by Crippen LogP contribution is -2.74. The van der Waals surface area contributed by atoms with Gasteiger partial charge in [-0.25, -0.2) is 0 Å². The average Bonchev–Trinajstić information content (AvgIpc) is 2.87. The lowest BCUT2D eigenvalue weighted by molar-refractivity contribution is -0.381. The van der Waals surface area contributed by atoms with Gasteiger partial charge in [-0.3, -0.25) is 4.79 Å². The number of halogens is 3. The number of rotatable bonds is 4. The Hall–Kier alpha value is -0.860. The van der Waals surface area contributed by atoms with Gasteiger partial charge in [-0.05, 0) is 33.1 Å². The third-order valence-corrected chi connectivity index (χ3v) is 5.07. The van der Waals surface area contributed by atoms with Crippen LogP contribution in [0, 0.1) is 5.41 Å². The van der Waals surface area contributed by atoms with Crippen LogP contribution in [0.3, 0.4) is 0 Å². The van der Waals surface area contributed by atoms with Crippen molar-refractivity contribution in [3.05, 3.63) is 0 Å². The van der Waals surface area contributed by atoms with Crippen molar-refractivity contribution in [1.29, 1.82) is 0 Å². The van der Waals surface area contributed by atoms with Gasteiger partial charge in [0, 0.05) is 0 Å². The number of hydrogen-bond donors (Lipinski definition) is 2. The summed E-state index contributed by atoms with van der Waals surface area (Å²) in [5, 5.41) is 12.0. The van der Waals surface area contributed by atoms with Crippen LogP contribution in [0.25, 0.3) is 0 Å². The van der Waals surface area contributed by atoms with E-state index in [4.69, 9.17) is 9.47 Å². The molecule has 2 fully saturated rings. The number of aliphatic hydroxyl groups excluding tert-OH is 1. The van der Waals surface area contributed by atoms with Crippen LogP contribution >= 0.6 is 0 Å². The molecule has 2 rings (SSSR count). The van der Waals surface area contributed by atoms with Crippen LogP contribution in [0.4, 0.5) is 13.2 Å². The molecular weight excluding hydrogens is 315 g/mol. The first kappa shape index (κ1) is 18.5. The minimum absolute atomic E-state index is 0.321. The Morgan fingerprint density at radius 3 is 2.35 bits per heavy atom. The van der Waals surface area contributed by atoms with Gasteiger partial charge in [-0.1, -0.05) is 19.8 Å². The number of hydrogen-bond acceptors (Lipinski definition) is 4. The number of nitrogens with one attached hydrogen (secondary N) is 1. The van der Waals surface area contributed by atoms with E-state index in [-0.39, 0.29) is 0 Å². The zero-order chi connectivity index (χ0) is 17.5. The minimum atomic E-state index is -5.01. The van der Waals surface area contributed by atoms with Crippen LogP contribution in [0.15, 0.2) is 0 Å². The van der Waals surface area contributed by atoms with E-state index >= 15 is 0 Å². The quantitative estimate of drug-likeness (QED) is 0.772.